The van der Waals surface area contributed by atoms with Gasteiger partial charge in [0.1, 0.15) is 18.9 Å². The number of aromatic nitrogens is 2. The number of carbonyl (C=O) groups excluding carboxylic acids is 2. The molecular formula is C17H19N2O3+. The second-order valence-corrected chi connectivity index (χ2v) is 4.84. The highest BCUT2D eigenvalue weighted by Gasteiger charge is 2.08. The fourth-order valence-corrected chi connectivity index (χ4v) is 2.03. The van der Waals surface area contributed by atoms with Crippen LogP contribution in [0.4, 0.5) is 0 Å². The number of esters is 1. The SMILES string of the molecule is CCOC(=O)/C=C/c1cccc(C[n+]2ccn(C(C)=O)c2)c1. The molecular weight excluding hydrogens is 280 g/mol. The molecule has 0 atom stereocenters. The molecule has 1 aromatic heterocycles. The second-order valence-electron chi connectivity index (χ2n) is 4.84. The molecule has 0 fully saturated rings. The van der Waals surface area contributed by atoms with Crippen LogP contribution >= 0.6 is 0 Å². The zero-order valence-corrected chi connectivity index (χ0v) is 12.7. The first-order valence-corrected chi connectivity index (χ1v) is 7.10. The van der Waals surface area contributed by atoms with Crippen molar-refractivity contribution in [2.24, 2.45) is 0 Å². The molecule has 114 valence electrons. The molecule has 0 unspecified atom stereocenters. The fourth-order valence-electron chi connectivity index (χ4n) is 2.03. The van der Waals surface area contributed by atoms with Crippen LogP contribution in [0.1, 0.15) is 29.8 Å². The summed E-state index contributed by atoms with van der Waals surface area (Å²) >= 11 is 0. The van der Waals surface area contributed by atoms with Crippen LogP contribution in [0.15, 0.2) is 49.1 Å². The summed E-state index contributed by atoms with van der Waals surface area (Å²) in [5, 5.41) is 0. The van der Waals surface area contributed by atoms with Gasteiger partial charge in [-0.15, -0.1) is 0 Å². The standard InChI is InChI=1S/C17H19N2O3/c1-3-22-17(21)8-7-15-5-4-6-16(11-15)12-18-9-10-19(13-18)14(2)20/h4-11,13H,3,12H2,1-2H3/q+1/b8-7+. The summed E-state index contributed by atoms with van der Waals surface area (Å²) in [6, 6.07) is 7.85. The van der Waals surface area contributed by atoms with Gasteiger partial charge in [-0.1, -0.05) is 18.2 Å². The van der Waals surface area contributed by atoms with Crippen LogP contribution in [0.5, 0.6) is 0 Å². The van der Waals surface area contributed by atoms with Crippen molar-refractivity contribution in [2.75, 3.05) is 6.61 Å². The van der Waals surface area contributed by atoms with Gasteiger partial charge >= 0.3 is 11.9 Å². The van der Waals surface area contributed by atoms with E-state index in [0.717, 1.165) is 11.1 Å². The molecule has 5 nitrogen and oxygen atoms in total. The van der Waals surface area contributed by atoms with Crippen molar-refractivity contribution in [3.05, 3.63) is 60.2 Å². The first kappa shape index (κ1) is 15.7. The maximum absolute atomic E-state index is 11.3. The number of nitrogens with zero attached hydrogens (tertiary/aromatic N) is 2. The molecule has 1 heterocycles. The summed E-state index contributed by atoms with van der Waals surface area (Å²) in [5.74, 6) is -0.370. The van der Waals surface area contributed by atoms with E-state index in [4.69, 9.17) is 4.74 Å². The number of ether oxygens (including phenoxy) is 1. The average Bonchev–Trinajstić information content (AvgIpc) is 2.95. The van der Waals surface area contributed by atoms with E-state index in [1.54, 1.807) is 25.5 Å². The Morgan fingerprint density at radius 2 is 2.18 bits per heavy atom. The number of imidazole rings is 1. The van der Waals surface area contributed by atoms with Crippen LogP contribution in [0, 0.1) is 0 Å². The Morgan fingerprint density at radius 3 is 2.86 bits per heavy atom. The number of benzene rings is 1. The third-order valence-electron chi connectivity index (χ3n) is 3.07. The number of hydrogen-bond donors (Lipinski definition) is 0. The second kappa shape index (κ2) is 7.36. The lowest BCUT2D eigenvalue weighted by Crippen LogP contribution is -2.31. The monoisotopic (exact) mass is 299 g/mol. The molecule has 2 rings (SSSR count). The van der Waals surface area contributed by atoms with E-state index < -0.39 is 0 Å². The molecule has 0 aliphatic rings. The third kappa shape index (κ3) is 4.41. The van der Waals surface area contributed by atoms with Gasteiger partial charge in [-0.2, -0.15) is 4.57 Å². The van der Waals surface area contributed by atoms with Crippen molar-refractivity contribution in [3.8, 4) is 0 Å². The summed E-state index contributed by atoms with van der Waals surface area (Å²) in [4.78, 5) is 22.6. The van der Waals surface area contributed by atoms with E-state index >= 15 is 0 Å². The first-order valence-electron chi connectivity index (χ1n) is 7.10. The Hall–Kier alpha value is -2.69. The normalized spacial score (nSPS) is 10.8. The topological polar surface area (TPSA) is 52.2 Å². The minimum Gasteiger partial charge on any atom is -0.463 e. The molecule has 0 radical (unpaired) electrons. The van der Waals surface area contributed by atoms with Gasteiger partial charge < -0.3 is 4.74 Å². The van der Waals surface area contributed by atoms with Crippen molar-refractivity contribution in [1.29, 1.82) is 0 Å². The van der Waals surface area contributed by atoms with Gasteiger partial charge in [0.2, 0.25) is 0 Å². The van der Waals surface area contributed by atoms with Crippen molar-refractivity contribution >= 4 is 18.0 Å². The van der Waals surface area contributed by atoms with Gasteiger partial charge in [-0.3, -0.25) is 0 Å². The minimum atomic E-state index is -0.346. The number of carbonyl (C=O) groups is 2. The van der Waals surface area contributed by atoms with Crippen LogP contribution in [0.2, 0.25) is 0 Å². The molecule has 0 aliphatic carbocycles. The lowest BCUT2D eigenvalue weighted by atomic mass is 10.1. The van der Waals surface area contributed by atoms with E-state index in [2.05, 4.69) is 0 Å². The number of rotatable bonds is 5. The van der Waals surface area contributed by atoms with Gasteiger partial charge in [-0.25, -0.2) is 14.2 Å². The molecule has 0 saturated carbocycles. The molecule has 0 aliphatic heterocycles. The summed E-state index contributed by atoms with van der Waals surface area (Å²) in [6.07, 6.45) is 8.48. The summed E-state index contributed by atoms with van der Waals surface area (Å²) in [7, 11) is 0. The fraction of sp³-hybridized carbons (Fsp3) is 0.235. The summed E-state index contributed by atoms with van der Waals surface area (Å²) in [6.45, 7) is 4.32. The van der Waals surface area contributed by atoms with E-state index in [1.807, 2.05) is 35.0 Å². The van der Waals surface area contributed by atoms with Gasteiger partial charge in [0.05, 0.1) is 6.61 Å². The average molecular weight is 299 g/mol. The zero-order chi connectivity index (χ0) is 15.9. The molecule has 5 heteroatoms. The Bertz CT molecular complexity index is 701. The van der Waals surface area contributed by atoms with Crippen LogP contribution < -0.4 is 4.57 Å². The van der Waals surface area contributed by atoms with Crippen molar-refractivity contribution < 1.29 is 18.9 Å². The van der Waals surface area contributed by atoms with Crippen LogP contribution in [0.25, 0.3) is 6.08 Å². The van der Waals surface area contributed by atoms with E-state index in [0.29, 0.717) is 13.2 Å². The number of hydrogen-bond acceptors (Lipinski definition) is 3. The lowest BCUT2D eigenvalue weighted by molar-refractivity contribution is -0.687. The highest BCUT2D eigenvalue weighted by molar-refractivity contribution is 5.87. The van der Waals surface area contributed by atoms with Crippen molar-refractivity contribution in [2.45, 2.75) is 20.4 Å². The molecule has 22 heavy (non-hydrogen) atoms. The largest absolute Gasteiger partial charge is 0.463 e. The predicted molar refractivity (Wildman–Crippen MR) is 82.1 cm³/mol. The smallest absolute Gasteiger partial charge is 0.330 e. The highest BCUT2D eigenvalue weighted by Crippen LogP contribution is 2.07. The van der Waals surface area contributed by atoms with Gasteiger partial charge in [0.15, 0.2) is 0 Å². The molecule has 1 aromatic carbocycles. The molecule has 0 bridgehead atoms. The van der Waals surface area contributed by atoms with E-state index in [-0.39, 0.29) is 11.9 Å². The first-order chi connectivity index (χ1) is 10.6. The van der Waals surface area contributed by atoms with Gasteiger partial charge in [0, 0.05) is 13.0 Å². The van der Waals surface area contributed by atoms with Crippen molar-refractivity contribution in [1.82, 2.24) is 4.57 Å². The van der Waals surface area contributed by atoms with E-state index in [9.17, 15) is 9.59 Å². The highest BCUT2D eigenvalue weighted by atomic mass is 16.5. The Kier molecular flexibility index (Phi) is 5.25. The quantitative estimate of drug-likeness (QED) is 0.482. The maximum Gasteiger partial charge on any atom is 0.330 e. The lowest BCUT2D eigenvalue weighted by Gasteiger charge is -2.00. The molecule has 0 spiro atoms. The van der Waals surface area contributed by atoms with Crippen molar-refractivity contribution in [3.63, 3.8) is 0 Å². The summed E-state index contributed by atoms with van der Waals surface area (Å²) in [5.41, 5.74) is 2.01. The third-order valence-corrected chi connectivity index (χ3v) is 3.07. The van der Waals surface area contributed by atoms with Crippen LogP contribution in [-0.4, -0.2) is 23.1 Å². The van der Waals surface area contributed by atoms with Crippen LogP contribution in [0.3, 0.4) is 0 Å². The van der Waals surface area contributed by atoms with Gasteiger partial charge in [0.25, 0.3) is 6.33 Å². The molecule has 0 amide bonds. The Balaban J connectivity index is 2.07. The zero-order valence-electron chi connectivity index (χ0n) is 12.7. The molecule has 0 saturated heterocycles. The molecule has 0 N–H and O–H groups in total. The van der Waals surface area contributed by atoms with E-state index in [1.165, 1.54) is 17.6 Å². The maximum atomic E-state index is 11.3. The summed E-state index contributed by atoms with van der Waals surface area (Å²) < 4.78 is 8.31. The Labute approximate surface area is 129 Å². The minimum absolute atomic E-state index is 0.0233. The van der Waals surface area contributed by atoms with Gasteiger partial charge in [-0.05, 0) is 30.2 Å². The molecule has 2 aromatic rings. The van der Waals surface area contributed by atoms with Crippen LogP contribution in [-0.2, 0) is 16.1 Å². The predicted octanol–water partition coefficient (Wildman–Crippen LogP) is 2.06. The Morgan fingerprint density at radius 1 is 1.36 bits per heavy atom.